The van der Waals surface area contributed by atoms with E-state index < -0.39 is 11.5 Å². The van der Waals surface area contributed by atoms with Gasteiger partial charge in [-0.2, -0.15) is 0 Å². The molecule has 1 aliphatic rings. The SMILES string of the molecule is CC(C)N1C(=O)[C@@](O)(CC(=O)c2cccnc2)c2ccccc21. The van der Waals surface area contributed by atoms with Gasteiger partial charge in [0.15, 0.2) is 11.4 Å². The Morgan fingerprint density at radius 2 is 2.00 bits per heavy atom. The summed E-state index contributed by atoms with van der Waals surface area (Å²) < 4.78 is 0. The van der Waals surface area contributed by atoms with Crippen molar-refractivity contribution in [1.82, 2.24) is 4.98 Å². The molecule has 1 aliphatic heterocycles. The van der Waals surface area contributed by atoms with Gasteiger partial charge in [0.05, 0.1) is 12.1 Å². The lowest BCUT2D eigenvalue weighted by molar-refractivity contribution is -0.136. The summed E-state index contributed by atoms with van der Waals surface area (Å²) in [6.07, 6.45) is 2.72. The minimum atomic E-state index is -1.83. The smallest absolute Gasteiger partial charge is 0.264 e. The number of benzene rings is 1. The molecule has 1 N–H and O–H groups in total. The van der Waals surface area contributed by atoms with E-state index in [1.807, 2.05) is 19.9 Å². The van der Waals surface area contributed by atoms with Crippen LogP contribution >= 0.6 is 0 Å². The molecule has 5 heteroatoms. The van der Waals surface area contributed by atoms with E-state index in [2.05, 4.69) is 4.98 Å². The van der Waals surface area contributed by atoms with E-state index in [9.17, 15) is 14.7 Å². The van der Waals surface area contributed by atoms with Gasteiger partial charge in [-0.15, -0.1) is 0 Å². The first-order valence-corrected chi connectivity index (χ1v) is 7.54. The fourth-order valence-corrected chi connectivity index (χ4v) is 3.00. The van der Waals surface area contributed by atoms with Crippen LogP contribution in [0.4, 0.5) is 5.69 Å². The number of amides is 1. The molecule has 0 bridgehead atoms. The number of hydrogen-bond acceptors (Lipinski definition) is 4. The summed E-state index contributed by atoms with van der Waals surface area (Å²) >= 11 is 0. The Labute approximate surface area is 134 Å². The second-order valence-corrected chi connectivity index (χ2v) is 5.99. The molecule has 3 rings (SSSR count). The Kier molecular flexibility index (Phi) is 3.74. The van der Waals surface area contributed by atoms with Gasteiger partial charge in [-0.3, -0.25) is 14.6 Å². The van der Waals surface area contributed by atoms with Crippen LogP contribution in [0.2, 0.25) is 0 Å². The molecule has 2 heterocycles. The third-order valence-corrected chi connectivity index (χ3v) is 4.10. The number of aliphatic hydroxyl groups is 1. The number of anilines is 1. The van der Waals surface area contributed by atoms with Crippen LogP contribution in [-0.2, 0) is 10.4 Å². The molecule has 0 saturated carbocycles. The van der Waals surface area contributed by atoms with Crippen LogP contribution in [0, 0.1) is 0 Å². The molecular formula is C18H18N2O3. The number of carbonyl (C=O) groups excluding carboxylic acids is 2. The number of para-hydroxylation sites is 1. The topological polar surface area (TPSA) is 70.5 Å². The van der Waals surface area contributed by atoms with E-state index in [4.69, 9.17) is 0 Å². The van der Waals surface area contributed by atoms with Crippen molar-refractivity contribution in [2.24, 2.45) is 0 Å². The molecule has 0 fully saturated rings. The number of ketones is 1. The van der Waals surface area contributed by atoms with E-state index in [-0.39, 0.29) is 18.2 Å². The van der Waals surface area contributed by atoms with Crippen LogP contribution in [0.25, 0.3) is 0 Å². The van der Waals surface area contributed by atoms with Crippen LogP contribution in [0.15, 0.2) is 48.8 Å². The Balaban J connectivity index is 2.01. The van der Waals surface area contributed by atoms with Gasteiger partial charge in [-0.25, -0.2) is 0 Å². The van der Waals surface area contributed by atoms with E-state index in [0.717, 1.165) is 0 Å². The molecule has 1 atom stereocenters. The number of fused-ring (bicyclic) bond motifs is 1. The van der Waals surface area contributed by atoms with Crippen LogP contribution in [0.3, 0.4) is 0 Å². The number of aromatic nitrogens is 1. The fraction of sp³-hybridized carbons (Fsp3) is 0.278. The fourth-order valence-electron chi connectivity index (χ4n) is 3.00. The van der Waals surface area contributed by atoms with Crippen molar-refractivity contribution in [2.75, 3.05) is 4.90 Å². The minimum absolute atomic E-state index is 0.105. The lowest BCUT2D eigenvalue weighted by Gasteiger charge is -2.25. The van der Waals surface area contributed by atoms with Crippen LogP contribution in [0.5, 0.6) is 0 Å². The van der Waals surface area contributed by atoms with E-state index >= 15 is 0 Å². The molecule has 2 aromatic rings. The zero-order valence-corrected chi connectivity index (χ0v) is 13.1. The standard InChI is InChI=1S/C18H18N2O3/c1-12(2)20-15-8-4-3-7-14(15)18(23,17(20)22)10-16(21)13-6-5-9-19-11-13/h3-9,11-12,23H,10H2,1-2H3/t18-/m1/s1. The number of pyridine rings is 1. The van der Waals surface area contributed by atoms with Crippen molar-refractivity contribution in [2.45, 2.75) is 31.9 Å². The average Bonchev–Trinajstić information content (AvgIpc) is 2.77. The number of hydrogen-bond donors (Lipinski definition) is 1. The molecule has 0 unspecified atom stereocenters. The number of rotatable bonds is 4. The predicted molar refractivity (Wildman–Crippen MR) is 86.1 cm³/mol. The number of carbonyl (C=O) groups is 2. The Bertz CT molecular complexity index is 758. The quantitative estimate of drug-likeness (QED) is 0.880. The van der Waals surface area contributed by atoms with Crippen LogP contribution < -0.4 is 4.90 Å². The molecule has 1 aromatic heterocycles. The summed E-state index contributed by atoms with van der Waals surface area (Å²) in [7, 11) is 0. The summed E-state index contributed by atoms with van der Waals surface area (Å²) in [5.74, 6) is -0.764. The van der Waals surface area contributed by atoms with Gasteiger partial charge in [-0.1, -0.05) is 18.2 Å². The lowest BCUT2D eigenvalue weighted by Crippen LogP contribution is -2.44. The molecule has 1 aromatic carbocycles. The summed E-state index contributed by atoms with van der Waals surface area (Å²) in [5, 5.41) is 11.0. The Morgan fingerprint density at radius 3 is 2.65 bits per heavy atom. The van der Waals surface area contributed by atoms with Gasteiger partial charge in [0.1, 0.15) is 0 Å². The lowest BCUT2D eigenvalue weighted by atomic mass is 9.88. The summed E-state index contributed by atoms with van der Waals surface area (Å²) in [5.41, 5.74) is -0.299. The molecule has 23 heavy (non-hydrogen) atoms. The highest BCUT2D eigenvalue weighted by molar-refractivity contribution is 6.10. The van der Waals surface area contributed by atoms with Gasteiger partial charge in [0.25, 0.3) is 5.91 Å². The minimum Gasteiger partial charge on any atom is -0.375 e. The van der Waals surface area contributed by atoms with Crippen LogP contribution in [0.1, 0.15) is 36.2 Å². The van der Waals surface area contributed by atoms with E-state index in [1.165, 1.54) is 6.20 Å². The highest BCUT2D eigenvalue weighted by Gasteiger charge is 2.51. The molecule has 0 saturated heterocycles. The molecular weight excluding hydrogens is 292 g/mol. The Hall–Kier alpha value is -2.53. The molecule has 1 amide bonds. The monoisotopic (exact) mass is 310 g/mol. The van der Waals surface area contributed by atoms with Gasteiger partial charge in [0, 0.05) is 29.6 Å². The van der Waals surface area contributed by atoms with Crippen molar-refractivity contribution >= 4 is 17.4 Å². The zero-order valence-electron chi connectivity index (χ0n) is 13.1. The second-order valence-electron chi connectivity index (χ2n) is 5.99. The summed E-state index contributed by atoms with van der Waals surface area (Å²) in [4.78, 5) is 30.7. The first kappa shape index (κ1) is 15.4. The third kappa shape index (κ3) is 2.43. The summed E-state index contributed by atoms with van der Waals surface area (Å²) in [6, 6.07) is 10.2. The Morgan fingerprint density at radius 1 is 1.26 bits per heavy atom. The third-order valence-electron chi connectivity index (χ3n) is 4.10. The highest BCUT2D eigenvalue weighted by Crippen LogP contribution is 2.43. The molecule has 5 nitrogen and oxygen atoms in total. The zero-order chi connectivity index (χ0) is 16.6. The van der Waals surface area contributed by atoms with Crippen molar-refractivity contribution in [3.05, 3.63) is 59.9 Å². The number of nitrogens with zero attached hydrogens (tertiary/aromatic N) is 2. The molecule has 0 radical (unpaired) electrons. The van der Waals surface area contributed by atoms with Crippen molar-refractivity contribution in [3.8, 4) is 0 Å². The predicted octanol–water partition coefficient (Wildman–Crippen LogP) is 2.30. The highest BCUT2D eigenvalue weighted by atomic mass is 16.3. The molecule has 0 aliphatic carbocycles. The maximum Gasteiger partial charge on any atom is 0.264 e. The van der Waals surface area contributed by atoms with Crippen molar-refractivity contribution < 1.29 is 14.7 Å². The van der Waals surface area contributed by atoms with E-state index in [0.29, 0.717) is 16.8 Å². The first-order valence-electron chi connectivity index (χ1n) is 7.54. The van der Waals surface area contributed by atoms with Crippen LogP contribution in [-0.4, -0.2) is 27.8 Å². The maximum absolute atomic E-state index is 12.8. The van der Waals surface area contributed by atoms with Gasteiger partial charge in [0.2, 0.25) is 0 Å². The van der Waals surface area contributed by atoms with Gasteiger partial charge >= 0.3 is 0 Å². The normalized spacial score (nSPS) is 20.0. The maximum atomic E-state index is 12.8. The second kappa shape index (κ2) is 5.59. The largest absolute Gasteiger partial charge is 0.375 e. The summed E-state index contributed by atoms with van der Waals surface area (Å²) in [6.45, 7) is 3.76. The van der Waals surface area contributed by atoms with E-state index in [1.54, 1.807) is 41.4 Å². The molecule has 0 spiro atoms. The van der Waals surface area contributed by atoms with Crippen molar-refractivity contribution in [1.29, 1.82) is 0 Å². The first-order chi connectivity index (χ1) is 10.9. The average molecular weight is 310 g/mol. The van der Waals surface area contributed by atoms with Gasteiger partial charge in [-0.05, 0) is 32.0 Å². The molecule has 118 valence electrons. The van der Waals surface area contributed by atoms with Gasteiger partial charge < -0.3 is 10.0 Å². The van der Waals surface area contributed by atoms with Crippen molar-refractivity contribution in [3.63, 3.8) is 0 Å². The number of Topliss-reactive ketones (excluding diaryl/α,β-unsaturated/α-hetero) is 1.